The Morgan fingerprint density at radius 1 is 0.441 bits per heavy atom. The summed E-state index contributed by atoms with van der Waals surface area (Å²) in [5.41, 5.74) is 12.5. The zero-order chi connectivity index (χ0) is 22.7. The van der Waals surface area contributed by atoms with Gasteiger partial charge in [-0.1, -0.05) is 127 Å². The standard InChI is InChI=1S/C33H21Cl/c34-25-20-18-22(19-21-25)26-11-7-15-31-32(26)27-10-3-6-14-30(27)33(31)28-12-4-1-8-23(28)16-17-24-9-2-5-13-29(24)33/h1-21H. The van der Waals surface area contributed by atoms with Gasteiger partial charge in [0.05, 0.1) is 5.41 Å². The minimum Gasteiger partial charge on any atom is -0.0843 e. The van der Waals surface area contributed by atoms with Crippen LogP contribution < -0.4 is 0 Å². The van der Waals surface area contributed by atoms with Gasteiger partial charge in [-0.2, -0.15) is 0 Å². The van der Waals surface area contributed by atoms with Gasteiger partial charge in [-0.15, -0.1) is 0 Å². The molecule has 1 spiro atoms. The molecule has 160 valence electrons. The summed E-state index contributed by atoms with van der Waals surface area (Å²) in [4.78, 5) is 0. The lowest BCUT2D eigenvalue weighted by molar-refractivity contribution is 0.766. The van der Waals surface area contributed by atoms with Crippen molar-refractivity contribution in [3.8, 4) is 22.3 Å². The number of hydrogen-bond donors (Lipinski definition) is 0. The molecule has 2 aliphatic rings. The van der Waals surface area contributed by atoms with Gasteiger partial charge in [0.15, 0.2) is 0 Å². The average Bonchev–Trinajstić information content (AvgIpc) is 3.10. The van der Waals surface area contributed by atoms with Crippen LogP contribution in [0.15, 0.2) is 115 Å². The summed E-state index contributed by atoms with van der Waals surface area (Å²) in [6.45, 7) is 0. The average molecular weight is 453 g/mol. The summed E-state index contributed by atoms with van der Waals surface area (Å²) in [7, 11) is 0. The van der Waals surface area contributed by atoms with Crippen LogP contribution in [0.4, 0.5) is 0 Å². The van der Waals surface area contributed by atoms with Gasteiger partial charge in [0, 0.05) is 5.02 Å². The minimum absolute atomic E-state index is 0.384. The van der Waals surface area contributed by atoms with Crippen molar-refractivity contribution in [1.82, 2.24) is 0 Å². The van der Waals surface area contributed by atoms with Crippen LogP contribution in [0, 0.1) is 0 Å². The van der Waals surface area contributed by atoms with E-state index in [2.05, 4.69) is 115 Å². The van der Waals surface area contributed by atoms with E-state index in [0.717, 1.165) is 5.02 Å². The molecule has 0 heterocycles. The summed E-state index contributed by atoms with van der Waals surface area (Å²) in [6, 6.07) is 41.6. The molecule has 0 aromatic heterocycles. The first kappa shape index (κ1) is 19.6. The zero-order valence-electron chi connectivity index (χ0n) is 18.5. The molecule has 0 bridgehead atoms. The van der Waals surface area contributed by atoms with Crippen LogP contribution in [0.5, 0.6) is 0 Å². The Kier molecular flexibility index (Phi) is 4.21. The quantitative estimate of drug-likeness (QED) is 0.233. The summed E-state index contributed by atoms with van der Waals surface area (Å²) >= 11 is 6.24. The van der Waals surface area contributed by atoms with Gasteiger partial charge in [-0.3, -0.25) is 0 Å². The van der Waals surface area contributed by atoms with Crippen molar-refractivity contribution in [1.29, 1.82) is 0 Å². The van der Waals surface area contributed by atoms with Crippen LogP contribution in [-0.4, -0.2) is 0 Å². The first-order chi connectivity index (χ1) is 16.8. The Balaban J connectivity index is 1.68. The van der Waals surface area contributed by atoms with Gasteiger partial charge in [0.2, 0.25) is 0 Å². The second kappa shape index (κ2) is 7.32. The number of benzene rings is 5. The number of halogens is 1. The highest BCUT2D eigenvalue weighted by molar-refractivity contribution is 6.30. The molecule has 0 atom stereocenters. The third kappa shape index (κ3) is 2.55. The van der Waals surface area contributed by atoms with E-state index in [1.54, 1.807) is 0 Å². The van der Waals surface area contributed by atoms with Crippen molar-refractivity contribution in [3.63, 3.8) is 0 Å². The molecule has 7 rings (SSSR count). The largest absolute Gasteiger partial charge is 0.0843 e. The summed E-state index contributed by atoms with van der Waals surface area (Å²) < 4.78 is 0. The molecule has 0 unspecified atom stereocenters. The molecule has 0 aliphatic heterocycles. The van der Waals surface area contributed by atoms with E-state index in [0.29, 0.717) is 0 Å². The highest BCUT2D eigenvalue weighted by Gasteiger charge is 2.48. The molecular weight excluding hydrogens is 432 g/mol. The Morgan fingerprint density at radius 2 is 0.971 bits per heavy atom. The maximum absolute atomic E-state index is 6.24. The lowest BCUT2D eigenvalue weighted by Gasteiger charge is -2.35. The van der Waals surface area contributed by atoms with Crippen LogP contribution in [0.2, 0.25) is 5.02 Å². The second-order valence-corrected chi connectivity index (χ2v) is 9.47. The van der Waals surface area contributed by atoms with Crippen molar-refractivity contribution in [3.05, 3.63) is 154 Å². The molecule has 2 aliphatic carbocycles. The van der Waals surface area contributed by atoms with Gasteiger partial charge >= 0.3 is 0 Å². The lowest BCUT2D eigenvalue weighted by atomic mass is 9.66. The number of hydrogen-bond acceptors (Lipinski definition) is 0. The van der Waals surface area contributed by atoms with Crippen LogP contribution in [0.25, 0.3) is 34.4 Å². The predicted octanol–water partition coefficient (Wildman–Crippen LogP) is 8.85. The first-order valence-electron chi connectivity index (χ1n) is 11.6. The molecule has 5 aromatic carbocycles. The molecule has 0 radical (unpaired) electrons. The molecule has 0 saturated heterocycles. The normalized spacial score (nSPS) is 14.1. The summed E-state index contributed by atoms with van der Waals surface area (Å²) in [5.74, 6) is 0. The number of rotatable bonds is 1. The Hall–Kier alpha value is -3.87. The topological polar surface area (TPSA) is 0 Å². The SMILES string of the molecule is Clc1ccc(-c2cccc3c2-c2ccccc2C32c3ccccc3C=Cc3ccccc32)cc1. The van der Waals surface area contributed by atoms with E-state index in [4.69, 9.17) is 11.6 Å². The van der Waals surface area contributed by atoms with Gasteiger partial charge in [0.1, 0.15) is 0 Å². The molecule has 0 saturated carbocycles. The highest BCUT2D eigenvalue weighted by atomic mass is 35.5. The Morgan fingerprint density at radius 3 is 1.65 bits per heavy atom. The zero-order valence-corrected chi connectivity index (χ0v) is 19.3. The fraction of sp³-hybridized carbons (Fsp3) is 0.0303. The second-order valence-electron chi connectivity index (χ2n) is 9.04. The van der Waals surface area contributed by atoms with E-state index < -0.39 is 0 Å². The van der Waals surface area contributed by atoms with Crippen molar-refractivity contribution in [2.75, 3.05) is 0 Å². The molecule has 34 heavy (non-hydrogen) atoms. The summed E-state index contributed by atoms with van der Waals surface area (Å²) in [6.07, 6.45) is 4.54. The first-order valence-corrected chi connectivity index (χ1v) is 12.0. The van der Waals surface area contributed by atoms with Crippen LogP contribution in [0.3, 0.4) is 0 Å². The molecule has 0 fully saturated rings. The van der Waals surface area contributed by atoms with Crippen LogP contribution in [0.1, 0.15) is 33.4 Å². The monoisotopic (exact) mass is 452 g/mol. The van der Waals surface area contributed by atoms with Crippen molar-refractivity contribution in [2.24, 2.45) is 0 Å². The van der Waals surface area contributed by atoms with Crippen molar-refractivity contribution in [2.45, 2.75) is 5.41 Å². The van der Waals surface area contributed by atoms with Crippen LogP contribution in [-0.2, 0) is 5.41 Å². The smallest absolute Gasteiger partial charge is 0.0725 e. The van der Waals surface area contributed by atoms with E-state index in [-0.39, 0.29) is 5.41 Å². The molecule has 1 heteroatoms. The fourth-order valence-electron chi connectivity index (χ4n) is 6.07. The van der Waals surface area contributed by atoms with Gasteiger partial charge in [-0.05, 0) is 67.8 Å². The van der Waals surface area contributed by atoms with Crippen LogP contribution >= 0.6 is 11.6 Å². The van der Waals surface area contributed by atoms with Crippen molar-refractivity contribution >= 4 is 23.8 Å². The minimum atomic E-state index is -0.384. The molecule has 0 nitrogen and oxygen atoms in total. The third-order valence-corrected chi connectivity index (χ3v) is 7.65. The highest BCUT2D eigenvalue weighted by Crippen LogP contribution is 2.60. The fourth-order valence-corrected chi connectivity index (χ4v) is 6.20. The predicted molar refractivity (Wildman–Crippen MR) is 143 cm³/mol. The lowest BCUT2D eigenvalue weighted by Crippen LogP contribution is -2.29. The molecular formula is C33H21Cl. The van der Waals surface area contributed by atoms with E-state index in [1.807, 2.05) is 12.1 Å². The Labute approximate surface area is 204 Å². The van der Waals surface area contributed by atoms with Gasteiger partial charge in [-0.25, -0.2) is 0 Å². The summed E-state index contributed by atoms with van der Waals surface area (Å²) in [5, 5.41) is 0.755. The molecule has 0 amide bonds. The maximum atomic E-state index is 6.24. The van der Waals surface area contributed by atoms with E-state index in [1.165, 1.54) is 55.6 Å². The Bertz CT molecular complexity index is 1560. The molecule has 5 aromatic rings. The van der Waals surface area contributed by atoms with Crippen molar-refractivity contribution < 1.29 is 0 Å². The van der Waals surface area contributed by atoms with Gasteiger partial charge < -0.3 is 0 Å². The molecule has 0 N–H and O–H groups in total. The van der Waals surface area contributed by atoms with E-state index in [9.17, 15) is 0 Å². The maximum Gasteiger partial charge on any atom is 0.0725 e. The van der Waals surface area contributed by atoms with Gasteiger partial charge in [0.25, 0.3) is 0 Å². The number of fused-ring (bicyclic) bond motifs is 9. The van der Waals surface area contributed by atoms with E-state index >= 15 is 0 Å². The third-order valence-electron chi connectivity index (χ3n) is 7.40.